The van der Waals surface area contributed by atoms with Crippen LogP contribution in [0.3, 0.4) is 0 Å². The van der Waals surface area contributed by atoms with E-state index < -0.39 is 0 Å². The van der Waals surface area contributed by atoms with Crippen molar-refractivity contribution < 1.29 is 14.2 Å². The molecule has 0 unspecified atom stereocenters. The van der Waals surface area contributed by atoms with Gasteiger partial charge < -0.3 is 24.4 Å². The number of hydrogen-bond donors (Lipinski definition) is 1. The first-order valence-corrected chi connectivity index (χ1v) is 10.5. The molecule has 0 aromatic heterocycles. The molecule has 6 nitrogen and oxygen atoms in total. The molecule has 0 saturated carbocycles. The number of guanidine groups is 1. The molecule has 29 heavy (non-hydrogen) atoms. The molecule has 2 rings (SSSR count). The van der Waals surface area contributed by atoms with Gasteiger partial charge in [0.2, 0.25) is 0 Å². The molecular weight excluding hydrogens is 505 g/mol. The van der Waals surface area contributed by atoms with Gasteiger partial charge >= 0.3 is 0 Å². The van der Waals surface area contributed by atoms with E-state index in [0.29, 0.717) is 12.6 Å². The highest BCUT2D eigenvalue weighted by atomic mass is 127. The Morgan fingerprint density at radius 2 is 2.00 bits per heavy atom. The second-order valence-corrected chi connectivity index (χ2v) is 7.25. The summed E-state index contributed by atoms with van der Waals surface area (Å²) >= 11 is 6.33. The molecule has 0 atom stereocenters. The molecule has 1 heterocycles. The molecule has 166 valence electrons. The van der Waals surface area contributed by atoms with Crippen LogP contribution in [0.5, 0.6) is 5.75 Å². The summed E-state index contributed by atoms with van der Waals surface area (Å²) in [6.45, 7) is 7.11. The number of methoxy groups -OCH3 is 2. The van der Waals surface area contributed by atoms with E-state index in [-0.39, 0.29) is 24.0 Å². The topological polar surface area (TPSA) is 55.3 Å². The molecule has 1 aromatic carbocycles. The molecule has 1 fully saturated rings. The largest absolute Gasteiger partial charge is 0.497 e. The molecule has 0 amide bonds. The van der Waals surface area contributed by atoms with E-state index >= 15 is 0 Å². The van der Waals surface area contributed by atoms with Crippen molar-refractivity contribution in [3.63, 3.8) is 0 Å². The summed E-state index contributed by atoms with van der Waals surface area (Å²) in [4.78, 5) is 7.14. The summed E-state index contributed by atoms with van der Waals surface area (Å²) in [5, 5.41) is 4.14. The molecule has 0 bridgehead atoms. The summed E-state index contributed by atoms with van der Waals surface area (Å²) in [5.74, 6) is 1.75. The van der Waals surface area contributed by atoms with E-state index in [9.17, 15) is 0 Å². The molecule has 0 radical (unpaired) electrons. The van der Waals surface area contributed by atoms with Crippen LogP contribution in [0.2, 0.25) is 5.02 Å². The molecule has 1 aromatic rings. The normalized spacial score (nSPS) is 15.2. The van der Waals surface area contributed by atoms with Gasteiger partial charge in [0, 0.05) is 51.5 Å². The Labute approximate surface area is 197 Å². The smallest absolute Gasteiger partial charge is 0.193 e. The molecule has 0 spiro atoms. The lowest BCUT2D eigenvalue weighted by Crippen LogP contribution is -2.47. The zero-order valence-corrected chi connectivity index (χ0v) is 20.9. The molecule has 1 N–H and O–H groups in total. The SMILES string of the molecule is CCNC(=NCCc1ccc(OC)cc1Cl)N1CCC(OCCCOC)CC1.I. The minimum atomic E-state index is 0. The Bertz CT molecular complexity index is 611. The van der Waals surface area contributed by atoms with Gasteiger partial charge in [-0.25, -0.2) is 0 Å². The van der Waals surface area contributed by atoms with E-state index in [1.807, 2.05) is 18.2 Å². The van der Waals surface area contributed by atoms with Gasteiger partial charge in [-0.15, -0.1) is 24.0 Å². The number of nitrogens with one attached hydrogen (secondary N) is 1. The van der Waals surface area contributed by atoms with Crippen LogP contribution in [-0.2, 0) is 15.9 Å². The predicted octanol–water partition coefficient (Wildman–Crippen LogP) is 3.99. The van der Waals surface area contributed by atoms with E-state index in [0.717, 1.165) is 80.8 Å². The maximum absolute atomic E-state index is 6.33. The maximum Gasteiger partial charge on any atom is 0.193 e. The van der Waals surface area contributed by atoms with E-state index in [1.54, 1.807) is 14.2 Å². The zero-order chi connectivity index (χ0) is 20.2. The fourth-order valence-corrected chi connectivity index (χ4v) is 3.52. The van der Waals surface area contributed by atoms with E-state index in [4.69, 9.17) is 30.8 Å². The van der Waals surface area contributed by atoms with Crippen molar-refractivity contribution in [1.29, 1.82) is 0 Å². The van der Waals surface area contributed by atoms with Crippen molar-refractivity contribution in [3.8, 4) is 5.75 Å². The first kappa shape index (κ1) is 26.3. The van der Waals surface area contributed by atoms with E-state index in [1.165, 1.54) is 0 Å². The number of rotatable bonds is 10. The Hall–Kier alpha value is -0.770. The van der Waals surface area contributed by atoms with Crippen molar-refractivity contribution in [2.24, 2.45) is 4.99 Å². The quantitative estimate of drug-likeness (QED) is 0.211. The van der Waals surface area contributed by atoms with Crippen molar-refractivity contribution in [3.05, 3.63) is 28.8 Å². The number of aliphatic imine (C=N–C) groups is 1. The third-order valence-corrected chi connectivity index (χ3v) is 5.18. The zero-order valence-electron chi connectivity index (χ0n) is 17.8. The number of halogens is 2. The molecule has 8 heteroatoms. The minimum absolute atomic E-state index is 0. The van der Waals surface area contributed by atoms with Gasteiger partial charge in [0.1, 0.15) is 5.75 Å². The Morgan fingerprint density at radius 1 is 1.24 bits per heavy atom. The first-order chi connectivity index (χ1) is 13.7. The van der Waals surface area contributed by atoms with Crippen molar-refractivity contribution in [2.75, 3.05) is 53.6 Å². The number of ether oxygens (including phenoxy) is 3. The van der Waals surface area contributed by atoms with Crippen LogP contribution in [-0.4, -0.2) is 70.6 Å². The van der Waals surface area contributed by atoms with Gasteiger partial charge in [-0.2, -0.15) is 0 Å². The molecule has 0 aliphatic carbocycles. The Morgan fingerprint density at radius 3 is 2.62 bits per heavy atom. The van der Waals surface area contributed by atoms with Crippen LogP contribution in [0.15, 0.2) is 23.2 Å². The minimum Gasteiger partial charge on any atom is -0.497 e. The highest BCUT2D eigenvalue weighted by molar-refractivity contribution is 14.0. The molecular formula is C21H35ClIN3O3. The number of likely N-dealkylation sites (tertiary alicyclic amines) is 1. The molecule has 1 aliphatic heterocycles. The third-order valence-electron chi connectivity index (χ3n) is 4.83. The van der Waals surface area contributed by atoms with Crippen LogP contribution < -0.4 is 10.1 Å². The van der Waals surface area contributed by atoms with Crippen molar-refractivity contribution >= 4 is 41.5 Å². The summed E-state index contributed by atoms with van der Waals surface area (Å²) in [5.41, 5.74) is 1.09. The Balaban J connectivity index is 0.00000420. The standard InChI is InChI=1S/C21H34ClN3O3.HI/c1-4-23-21(24-11-8-17-6-7-19(27-3)16-20(17)22)25-12-9-18(10-13-25)28-15-5-14-26-2;/h6-7,16,18H,4-5,8-15H2,1-3H3,(H,23,24);1H. The lowest BCUT2D eigenvalue weighted by atomic mass is 10.1. The van der Waals surface area contributed by atoms with Gasteiger partial charge in [-0.3, -0.25) is 4.99 Å². The number of nitrogens with zero attached hydrogens (tertiary/aromatic N) is 2. The van der Waals surface area contributed by atoms with Crippen LogP contribution in [0.25, 0.3) is 0 Å². The van der Waals surface area contributed by atoms with Crippen LogP contribution in [0.1, 0.15) is 31.7 Å². The number of benzene rings is 1. The van der Waals surface area contributed by atoms with E-state index in [2.05, 4.69) is 17.1 Å². The second-order valence-electron chi connectivity index (χ2n) is 6.85. The lowest BCUT2D eigenvalue weighted by Gasteiger charge is -2.34. The highest BCUT2D eigenvalue weighted by Crippen LogP contribution is 2.22. The summed E-state index contributed by atoms with van der Waals surface area (Å²) in [6.07, 6.45) is 4.16. The monoisotopic (exact) mass is 539 g/mol. The van der Waals surface area contributed by atoms with Gasteiger partial charge in [-0.05, 0) is 50.3 Å². The summed E-state index contributed by atoms with van der Waals surface area (Å²) < 4.78 is 16.2. The van der Waals surface area contributed by atoms with Gasteiger partial charge in [0.25, 0.3) is 0 Å². The van der Waals surface area contributed by atoms with Crippen LogP contribution >= 0.6 is 35.6 Å². The predicted molar refractivity (Wildman–Crippen MR) is 130 cm³/mol. The average molecular weight is 540 g/mol. The lowest BCUT2D eigenvalue weighted by molar-refractivity contribution is 0.00991. The third kappa shape index (κ3) is 9.27. The summed E-state index contributed by atoms with van der Waals surface area (Å²) in [6, 6.07) is 5.80. The fraction of sp³-hybridized carbons (Fsp3) is 0.667. The molecule has 1 saturated heterocycles. The van der Waals surface area contributed by atoms with Gasteiger partial charge in [0.05, 0.1) is 13.2 Å². The van der Waals surface area contributed by atoms with Crippen molar-refractivity contribution in [1.82, 2.24) is 10.2 Å². The number of hydrogen-bond acceptors (Lipinski definition) is 4. The average Bonchev–Trinajstić information content (AvgIpc) is 2.72. The number of piperidine rings is 1. The van der Waals surface area contributed by atoms with Crippen LogP contribution in [0.4, 0.5) is 0 Å². The summed E-state index contributed by atoms with van der Waals surface area (Å²) in [7, 11) is 3.37. The maximum atomic E-state index is 6.33. The van der Waals surface area contributed by atoms with Gasteiger partial charge in [0.15, 0.2) is 5.96 Å². The first-order valence-electron chi connectivity index (χ1n) is 10.1. The van der Waals surface area contributed by atoms with Crippen LogP contribution in [0, 0.1) is 0 Å². The van der Waals surface area contributed by atoms with Crippen molar-refractivity contribution in [2.45, 2.75) is 38.7 Å². The second kappa shape index (κ2) is 15.1. The highest BCUT2D eigenvalue weighted by Gasteiger charge is 2.21. The Kier molecular flexibility index (Phi) is 13.7. The molecule has 1 aliphatic rings. The van der Waals surface area contributed by atoms with Gasteiger partial charge in [-0.1, -0.05) is 17.7 Å². The fourth-order valence-electron chi connectivity index (χ4n) is 3.25.